The van der Waals surface area contributed by atoms with Crippen molar-refractivity contribution >= 4 is 15.9 Å². The van der Waals surface area contributed by atoms with Crippen molar-refractivity contribution in [2.24, 2.45) is 0 Å². The quantitative estimate of drug-likeness (QED) is 0.792. The van der Waals surface area contributed by atoms with E-state index in [0.717, 1.165) is 17.6 Å². The van der Waals surface area contributed by atoms with Gasteiger partial charge in [-0.15, -0.1) is 0 Å². The maximum Gasteiger partial charge on any atom is 0.0448 e. The molecule has 1 aliphatic heterocycles. The highest BCUT2D eigenvalue weighted by atomic mass is 79.9. The number of pyridine rings is 1. The van der Waals surface area contributed by atoms with E-state index in [1.165, 1.54) is 12.1 Å². The number of hydrogen-bond acceptors (Lipinski definition) is 2. The molecule has 1 N–H and O–H groups in total. The van der Waals surface area contributed by atoms with Crippen LogP contribution >= 0.6 is 15.9 Å². The monoisotopic (exact) mass is 226 g/mol. The van der Waals surface area contributed by atoms with Gasteiger partial charge in [-0.2, -0.15) is 0 Å². The third-order valence-electron chi connectivity index (χ3n) is 2.23. The number of aromatic nitrogens is 1. The van der Waals surface area contributed by atoms with Crippen LogP contribution in [0.25, 0.3) is 0 Å². The molecule has 0 radical (unpaired) electrons. The average molecular weight is 227 g/mol. The van der Waals surface area contributed by atoms with Gasteiger partial charge in [-0.3, -0.25) is 4.98 Å². The van der Waals surface area contributed by atoms with Gasteiger partial charge in [-0.1, -0.05) is 0 Å². The fraction of sp³-hybridized carbons (Fsp3) is 0.444. The molecule has 3 heteroatoms. The fourth-order valence-corrected chi connectivity index (χ4v) is 1.77. The minimum atomic E-state index is 0.623. The van der Waals surface area contributed by atoms with E-state index < -0.39 is 0 Å². The SMILES string of the molecule is Brc1ccc(C2CCNC2)nc1. The molecule has 1 unspecified atom stereocenters. The Kier molecular flexibility index (Phi) is 2.42. The lowest BCUT2D eigenvalue weighted by atomic mass is 10.0. The van der Waals surface area contributed by atoms with Gasteiger partial charge in [0.05, 0.1) is 0 Å². The van der Waals surface area contributed by atoms with E-state index >= 15 is 0 Å². The van der Waals surface area contributed by atoms with Gasteiger partial charge in [0, 0.05) is 28.8 Å². The zero-order valence-electron chi connectivity index (χ0n) is 6.76. The van der Waals surface area contributed by atoms with Crippen LogP contribution in [0.3, 0.4) is 0 Å². The Bertz CT molecular complexity index is 252. The molecule has 1 aliphatic rings. The van der Waals surface area contributed by atoms with E-state index in [4.69, 9.17) is 0 Å². The highest BCUT2D eigenvalue weighted by Crippen LogP contribution is 2.21. The summed E-state index contributed by atoms with van der Waals surface area (Å²) in [7, 11) is 0. The highest BCUT2D eigenvalue weighted by molar-refractivity contribution is 9.10. The largest absolute Gasteiger partial charge is 0.316 e. The van der Waals surface area contributed by atoms with Gasteiger partial charge in [-0.25, -0.2) is 0 Å². The van der Waals surface area contributed by atoms with Crippen molar-refractivity contribution in [3.05, 3.63) is 28.5 Å². The molecule has 2 rings (SSSR count). The van der Waals surface area contributed by atoms with E-state index in [0.29, 0.717) is 5.92 Å². The van der Waals surface area contributed by atoms with Crippen LogP contribution < -0.4 is 5.32 Å². The molecule has 2 heterocycles. The maximum absolute atomic E-state index is 4.37. The smallest absolute Gasteiger partial charge is 0.0448 e. The van der Waals surface area contributed by atoms with Crippen molar-refractivity contribution in [1.82, 2.24) is 10.3 Å². The Morgan fingerprint density at radius 1 is 1.50 bits per heavy atom. The molecule has 0 bridgehead atoms. The lowest BCUT2D eigenvalue weighted by molar-refractivity contribution is 0.734. The van der Waals surface area contributed by atoms with E-state index in [1.807, 2.05) is 6.20 Å². The van der Waals surface area contributed by atoms with Crippen molar-refractivity contribution in [3.8, 4) is 0 Å². The normalized spacial score (nSPS) is 22.9. The van der Waals surface area contributed by atoms with Gasteiger partial charge in [0.2, 0.25) is 0 Å². The van der Waals surface area contributed by atoms with Gasteiger partial charge < -0.3 is 5.32 Å². The van der Waals surface area contributed by atoms with Crippen LogP contribution in [0.4, 0.5) is 0 Å². The summed E-state index contributed by atoms with van der Waals surface area (Å²) in [5, 5.41) is 3.33. The third-order valence-corrected chi connectivity index (χ3v) is 2.70. The molecular formula is C9H11BrN2. The molecule has 1 saturated heterocycles. The van der Waals surface area contributed by atoms with Crippen LogP contribution in [0, 0.1) is 0 Å². The summed E-state index contributed by atoms with van der Waals surface area (Å²) < 4.78 is 1.05. The first-order chi connectivity index (χ1) is 5.86. The number of hydrogen-bond donors (Lipinski definition) is 1. The van der Waals surface area contributed by atoms with E-state index in [1.54, 1.807) is 0 Å². The summed E-state index contributed by atoms with van der Waals surface area (Å²) in [4.78, 5) is 4.37. The third kappa shape index (κ3) is 1.67. The van der Waals surface area contributed by atoms with Crippen LogP contribution in [-0.4, -0.2) is 18.1 Å². The van der Waals surface area contributed by atoms with E-state index in [9.17, 15) is 0 Å². The van der Waals surface area contributed by atoms with Crippen LogP contribution in [-0.2, 0) is 0 Å². The lowest BCUT2D eigenvalue weighted by Crippen LogP contribution is -2.08. The summed E-state index contributed by atoms with van der Waals surface area (Å²) in [6, 6.07) is 4.16. The first-order valence-electron chi connectivity index (χ1n) is 4.18. The zero-order chi connectivity index (χ0) is 8.39. The number of nitrogens with one attached hydrogen (secondary N) is 1. The molecule has 12 heavy (non-hydrogen) atoms. The first-order valence-corrected chi connectivity index (χ1v) is 4.98. The van der Waals surface area contributed by atoms with E-state index in [2.05, 4.69) is 38.4 Å². The summed E-state index contributed by atoms with van der Waals surface area (Å²) in [5.74, 6) is 0.623. The second-order valence-electron chi connectivity index (χ2n) is 3.09. The Labute approximate surface area is 80.5 Å². The van der Waals surface area contributed by atoms with Crippen LogP contribution in [0.15, 0.2) is 22.8 Å². The van der Waals surface area contributed by atoms with Crippen molar-refractivity contribution < 1.29 is 0 Å². The molecule has 1 fully saturated rings. The average Bonchev–Trinajstić information content (AvgIpc) is 2.58. The molecule has 64 valence electrons. The standard InChI is InChI=1S/C9H11BrN2/c10-8-1-2-9(12-6-8)7-3-4-11-5-7/h1-2,6-7,11H,3-5H2. The highest BCUT2D eigenvalue weighted by Gasteiger charge is 2.16. The topological polar surface area (TPSA) is 24.9 Å². The summed E-state index contributed by atoms with van der Waals surface area (Å²) >= 11 is 3.38. The molecule has 0 saturated carbocycles. The summed E-state index contributed by atoms with van der Waals surface area (Å²) in [6.07, 6.45) is 3.09. The molecule has 1 atom stereocenters. The number of nitrogens with zero attached hydrogens (tertiary/aromatic N) is 1. The predicted octanol–water partition coefficient (Wildman–Crippen LogP) is 1.92. The predicted molar refractivity (Wildman–Crippen MR) is 52.2 cm³/mol. The molecular weight excluding hydrogens is 216 g/mol. The van der Waals surface area contributed by atoms with Crippen molar-refractivity contribution in [1.29, 1.82) is 0 Å². The van der Waals surface area contributed by atoms with Crippen LogP contribution in [0.1, 0.15) is 18.0 Å². The molecule has 2 nitrogen and oxygen atoms in total. The second-order valence-corrected chi connectivity index (χ2v) is 4.01. The van der Waals surface area contributed by atoms with Gasteiger partial charge >= 0.3 is 0 Å². The Morgan fingerprint density at radius 2 is 2.42 bits per heavy atom. The number of rotatable bonds is 1. The minimum Gasteiger partial charge on any atom is -0.316 e. The Hall–Kier alpha value is -0.410. The zero-order valence-corrected chi connectivity index (χ0v) is 8.34. The Balaban J connectivity index is 2.17. The first kappa shape index (κ1) is 8.20. The summed E-state index contributed by atoms with van der Waals surface area (Å²) in [6.45, 7) is 2.21. The molecule has 1 aromatic heterocycles. The lowest BCUT2D eigenvalue weighted by Gasteiger charge is -2.06. The van der Waals surface area contributed by atoms with Gasteiger partial charge in [0.1, 0.15) is 0 Å². The van der Waals surface area contributed by atoms with Gasteiger partial charge in [-0.05, 0) is 41.0 Å². The van der Waals surface area contributed by atoms with Gasteiger partial charge in [0.25, 0.3) is 0 Å². The number of halogens is 1. The maximum atomic E-state index is 4.37. The molecule has 0 aromatic carbocycles. The minimum absolute atomic E-state index is 0.623. The second kappa shape index (κ2) is 3.54. The van der Waals surface area contributed by atoms with Crippen molar-refractivity contribution in [3.63, 3.8) is 0 Å². The van der Waals surface area contributed by atoms with Gasteiger partial charge in [0.15, 0.2) is 0 Å². The molecule has 1 aromatic rings. The fourth-order valence-electron chi connectivity index (χ4n) is 1.54. The van der Waals surface area contributed by atoms with E-state index in [-0.39, 0.29) is 0 Å². The Morgan fingerprint density at radius 3 is 3.00 bits per heavy atom. The van der Waals surface area contributed by atoms with Crippen LogP contribution in [0.2, 0.25) is 0 Å². The van der Waals surface area contributed by atoms with Crippen molar-refractivity contribution in [2.45, 2.75) is 12.3 Å². The van der Waals surface area contributed by atoms with Crippen molar-refractivity contribution in [2.75, 3.05) is 13.1 Å². The van der Waals surface area contributed by atoms with Crippen LogP contribution in [0.5, 0.6) is 0 Å². The molecule has 0 aliphatic carbocycles. The molecule has 0 amide bonds. The molecule has 0 spiro atoms. The summed E-state index contributed by atoms with van der Waals surface area (Å²) in [5.41, 5.74) is 1.21.